The largest absolute Gasteiger partial charge is 0.497 e. The van der Waals surface area contributed by atoms with E-state index in [-0.39, 0.29) is 18.4 Å². The van der Waals surface area contributed by atoms with Crippen LogP contribution in [0.3, 0.4) is 0 Å². The van der Waals surface area contributed by atoms with Gasteiger partial charge in [0.05, 0.1) is 36.4 Å². The molecule has 8 heteroatoms. The Morgan fingerprint density at radius 2 is 2.08 bits per heavy atom. The van der Waals surface area contributed by atoms with Gasteiger partial charge in [0.25, 0.3) is 11.8 Å². The number of halogens is 1. The number of H-pyrrole nitrogens is 1. The summed E-state index contributed by atoms with van der Waals surface area (Å²) in [7, 11) is 1.57. The highest BCUT2D eigenvalue weighted by atomic mass is 79.9. The van der Waals surface area contributed by atoms with Gasteiger partial charge in [0, 0.05) is 10.7 Å². The van der Waals surface area contributed by atoms with Crippen molar-refractivity contribution in [3.05, 3.63) is 51.8 Å². The van der Waals surface area contributed by atoms with Crippen molar-refractivity contribution in [1.29, 1.82) is 0 Å². The standard InChI is InChI=1S/C16H11BrN4O3/c1-24-9-2-3-12(17)8(4-9)7-21-15(22)11-5-18-14-10(6-19-20-14)13(11)16(21)23/h2-6H,7H2,1H3,(H,18,19,20). The highest BCUT2D eigenvalue weighted by Gasteiger charge is 2.38. The van der Waals surface area contributed by atoms with Gasteiger partial charge in [0.15, 0.2) is 5.65 Å². The molecule has 1 N–H and O–H groups in total. The van der Waals surface area contributed by atoms with E-state index in [0.717, 1.165) is 10.0 Å². The molecule has 0 radical (unpaired) electrons. The Labute approximate surface area is 144 Å². The fraction of sp³-hybridized carbons (Fsp3) is 0.125. The Hall–Kier alpha value is -2.74. The number of hydrogen-bond donors (Lipinski definition) is 1. The van der Waals surface area contributed by atoms with Crippen LogP contribution in [-0.4, -0.2) is 39.0 Å². The second-order valence-electron chi connectivity index (χ2n) is 5.33. The van der Waals surface area contributed by atoms with Crippen LogP contribution < -0.4 is 4.74 Å². The fourth-order valence-corrected chi connectivity index (χ4v) is 3.15. The van der Waals surface area contributed by atoms with Gasteiger partial charge in [0.1, 0.15) is 5.75 Å². The van der Waals surface area contributed by atoms with E-state index in [1.54, 1.807) is 19.2 Å². The molecule has 3 aromatic rings. The first-order valence-corrected chi connectivity index (χ1v) is 7.90. The number of aromatic nitrogens is 3. The average molecular weight is 387 g/mol. The zero-order valence-electron chi connectivity index (χ0n) is 12.5. The summed E-state index contributed by atoms with van der Waals surface area (Å²) in [5, 5.41) is 7.15. The van der Waals surface area contributed by atoms with E-state index < -0.39 is 0 Å². The van der Waals surface area contributed by atoms with E-state index in [4.69, 9.17) is 4.74 Å². The Bertz CT molecular complexity index is 998. The van der Waals surface area contributed by atoms with Crippen molar-refractivity contribution in [2.75, 3.05) is 7.11 Å². The van der Waals surface area contributed by atoms with Crippen LogP contribution in [0, 0.1) is 0 Å². The molecule has 0 atom stereocenters. The molecular formula is C16H11BrN4O3. The van der Waals surface area contributed by atoms with Crippen LogP contribution >= 0.6 is 15.9 Å². The second-order valence-corrected chi connectivity index (χ2v) is 6.19. The molecule has 0 bridgehead atoms. The first-order chi connectivity index (χ1) is 11.6. The van der Waals surface area contributed by atoms with Crippen molar-refractivity contribution in [3.8, 4) is 5.75 Å². The molecule has 7 nitrogen and oxygen atoms in total. The van der Waals surface area contributed by atoms with Crippen LogP contribution in [0.5, 0.6) is 5.75 Å². The van der Waals surface area contributed by atoms with Crippen LogP contribution in [0.1, 0.15) is 26.3 Å². The Morgan fingerprint density at radius 1 is 1.25 bits per heavy atom. The van der Waals surface area contributed by atoms with Gasteiger partial charge in [-0.25, -0.2) is 4.98 Å². The smallest absolute Gasteiger partial charge is 0.263 e. The van der Waals surface area contributed by atoms with Crippen molar-refractivity contribution in [3.63, 3.8) is 0 Å². The number of hydrogen-bond acceptors (Lipinski definition) is 5. The van der Waals surface area contributed by atoms with Gasteiger partial charge in [-0.05, 0) is 23.8 Å². The summed E-state index contributed by atoms with van der Waals surface area (Å²) in [4.78, 5) is 30.8. The van der Waals surface area contributed by atoms with Crippen LogP contribution in [0.4, 0.5) is 0 Å². The molecule has 4 rings (SSSR count). The highest BCUT2D eigenvalue weighted by Crippen LogP contribution is 2.31. The Balaban J connectivity index is 1.76. The van der Waals surface area contributed by atoms with Gasteiger partial charge < -0.3 is 4.74 Å². The van der Waals surface area contributed by atoms with Crippen LogP contribution in [0.2, 0.25) is 0 Å². The Morgan fingerprint density at radius 3 is 2.88 bits per heavy atom. The molecule has 1 aliphatic rings. The third-order valence-electron chi connectivity index (χ3n) is 4.00. The molecule has 24 heavy (non-hydrogen) atoms. The number of pyridine rings is 1. The topological polar surface area (TPSA) is 88.2 Å². The van der Waals surface area contributed by atoms with E-state index in [1.807, 2.05) is 6.07 Å². The first kappa shape index (κ1) is 14.8. The van der Waals surface area contributed by atoms with E-state index in [2.05, 4.69) is 31.1 Å². The molecule has 2 amide bonds. The number of amides is 2. The molecule has 1 aromatic carbocycles. The number of methoxy groups -OCH3 is 1. The highest BCUT2D eigenvalue weighted by molar-refractivity contribution is 9.10. The number of carbonyl (C=O) groups is 2. The molecule has 0 saturated carbocycles. The third-order valence-corrected chi connectivity index (χ3v) is 4.77. The molecule has 0 aliphatic carbocycles. The summed E-state index contributed by atoms with van der Waals surface area (Å²) >= 11 is 3.44. The lowest BCUT2D eigenvalue weighted by molar-refractivity contribution is 0.0642. The summed E-state index contributed by atoms with van der Waals surface area (Å²) in [5.41, 5.74) is 1.91. The Kier molecular flexibility index (Phi) is 3.34. The van der Waals surface area contributed by atoms with E-state index in [1.165, 1.54) is 17.3 Å². The van der Waals surface area contributed by atoms with Gasteiger partial charge in [0.2, 0.25) is 0 Å². The molecular weight excluding hydrogens is 376 g/mol. The third kappa shape index (κ3) is 2.10. The minimum atomic E-state index is -0.361. The SMILES string of the molecule is COc1ccc(Br)c(CN2C(=O)c3cnc4[nH]ncc4c3C2=O)c1. The summed E-state index contributed by atoms with van der Waals surface area (Å²) in [6, 6.07) is 5.41. The number of nitrogens with one attached hydrogen (secondary N) is 1. The zero-order valence-corrected chi connectivity index (χ0v) is 14.1. The first-order valence-electron chi connectivity index (χ1n) is 7.11. The van der Waals surface area contributed by atoms with Crippen molar-refractivity contribution >= 4 is 38.8 Å². The van der Waals surface area contributed by atoms with Crippen LogP contribution in [-0.2, 0) is 6.54 Å². The summed E-state index contributed by atoms with van der Waals surface area (Å²) in [5.74, 6) is -0.0532. The van der Waals surface area contributed by atoms with E-state index in [0.29, 0.717) is 27.9 Å². The number of ether oxygens (including phenoxy) is 1. The number of carbonyl (C=O) groups excluding carboxylic acids is 2. The van der Waals surface area contributed by atoms with Gasteiger partial charge in [-0.3, -0.25) is 19.6 Å². The lowest BCUT2D eigenvalue weighted by Gasteiger charge is -2.15. The molecule has 120 valence electrons. The van der Waals surface area contributed by atoms with Gasteiger partial charge in [-0.2, -0.15) is 5.10 Å². The van der Waals surface area contributed by atoms with Gasteiger partial charge in [-0.15, -0.1) is 0 Å². The monoisotopic (exact) mass is 386 g/mol. The predicted molar refractivity (Wildman–Crippen MR) is 88.8 cm³/mol. The second kappa shape index (κ2) is 5.41. The summed E-state index contributed by atoms with van der Waals surface area (Å²) in [6.45, 7) is 0.142. The van der Waals surface area contributed by atoms with E-state index in [9.17, 15) is 9.59 Å². The number of nitrogens with zero attached hydrogens (tertiary/aromatic N) is 3. The van der Waals surface area contributed by atoms with Gasteiger partial charge >= 0.3 is 0 Å². The minimum absolute atomic E-state index is 0.142. The summed E-state index contributed by atoms with van der Waals surface area (Å²) in [6.07, 6.45) is 2.92. The molecule has 0 spiro atoms. The maximum atomic E-state index is 12.8. The maximum absolute atomic E-state index is 12.8. The normalized spacial score (nSPS) is 13.7. The molecule has 0 saturated heterocycles. The van der Waals surface area contributed by atoms with Crippen molar-refractivity contribution < 1.29 is 14.3 Å². The lowest BCUT2D eigenvalue weighted by Crippen LogP contribution is -2.29. The number of benzene rings is 1. The molecule has 3 heterocycles. The number of aromatic amines is 1. The lowest BCUT2D eigenvalue weighted by atomic mass is 10.1. The number of imide groups is 1. The average Bonchev–Trinajstić information content (AvgIpc) is 3.15. The summed E-state index contributed by atoms with van der Waals surface area (Å²) < 4.78 is 6.00. The van der Waals surface area contributed by atoms with Crippen molar-refractivity contribution in [2.24, 2.45) is 0 Å². The number of rotatable bonds is 3. The maximum Gasteiger partial charge on any atom is 0.263 e. The molecule has 1 aliphatic heterocycles. The van der Waals surface area contributed by atoms with Crippen molar-refractivity contribution in [2.45, 2.75) is 6.54 Å². The molecule has 0 unspecified atom stereocenters. The van der Waals surface area contributed by atoms with Crippen LogP contribution in [0.15, 0.2) is 35.1 Å². The number of fused-ring (bicyclic) bond motifs is 3. The minimum Gasteiger partial charge on any atom is -0.497 e. The van der Waals surface area contributed by atoms with Gasteiger partial charge in [-0.1, -0.05) is 15.9 Å². The zero-order chi connectivity index (χ0) is 16.8. The van der Waals surface area contributed by atoms with Crippen molar-refractivity contribution in [1.82, 2.24) is 20.1 Å². The van der Waals surface area contributed by atoms with Crippen LogP contribution in [0.25, 0.3) is 11.0 Å². The van der Waals surface area contributed by atoms with E-state index >= 15 is 0 Å². The molecule has 0 fully saturated rings. The predicted octanol–water partition coefficient (Wildman–Crippen LogP) is 2.53. The fourth-order valence-electron chi connectivity index (χ4n) is 2.78. The quantitative estimate of drug-likeness (QED) is 0.698. The molecule has 2 aromatic heterocycles.